The highest BCUT2D eigenvalue weighted by atomic mass is 32.2. The second-order valence-corrected chi connectivity index (χ2v) is 8.96. The van der Waals surface area contributed by atoms with Crippen molar-refractivity contribution in [1.29, 1.82) is 0 Å². The minimum atomic E-state index is -5.04. The van der Waals surface area contributed by atoms with Crippen LogP contribution in [0.15, 0.2) is 12.1 Å². The summed E-state index contributed by atoms with van der Waals surface area (Å²) >= 11 is 0.317. The van der Waals surface area contributed by atoms with E-state index in [-0.39, 0.29) is 10.6 Å². The summed E-state index contributed by atoms with van der Waals surface area (Å²) in [6, 6.07) is 1.87. The number of alkyl halides is 3. The molecule has 1 amide bonds. The lowest BCUT2D eigenvalue weighted by Crippen LogP contribution is -2.32. The molecule has 0 radical (unpaired) electrons. The van der Waals surface area contributed by atoms with Gasteiger partial charge in [-0.05, 0) is 24.5 Å². The van der Waals surface area contributed by atoms with Crippen LogP contribution in [0.2, 0.25) is 0 Å². The summed E-state index contributed by atoms with van der Waals surface area (Å²) in [7, 11) is -3.87. The van der Waals surface area contributed by atoms with Gasteiger partial charge in [0.1, 0.15) is 0 Å². The lowest BCUT2D eigenvalue weighted by Gasteiger charge is -2.21. The summed E-state index contributed by atoms with van der Waals surface area (Å²) < 4.78 is 62.9. The molecule has 10 heteroatoms. The second-order valence-electron chi connectivity index (χ2n) is 6.03. The smallest absolute Gasteiger partial charge is 0.283 e. The van der Waals surface area contributed by atoms with Gasteiger partial charge in [-0.25, -0.2) is 13.1 Å². The predicted octanol–water partition coefficient (Wildman–Crippen LogP) is 3.52. The van der Waals surface area contributed by atoms with Crippen LogP contribution in [0.1, 0.15) is 57.9 Å². The highest BCUT2D eigenvalue weighted by Crippen LogP contribution is 2.27. The van der Waals surface area contributed by atoms with Gasteiger partial charge in [-0.3, -0.25) is 9.59 Å². The number of rotatable bonds is 6. The van der Waals surface area contributed by atoms with E-state index in [2.05, 4.69) is 0 Å². The molecule has 0 aliphatic heterocycles. The minimum absolute atomic E-state index is 0.205. The molecule has 1 saturated carbocycles. The fourth-order valence-corrected chi connectivity index (χ4v) is 4.83. The lowest BCUT2D eigenvalue weighted by molar-refractivity contribution is -0.0882. The maximum absolute atomic E-state index is 12.4. The number of Topliss-reactive ketones (excluding diaryl/α,β-unsaturated/α-hetero) is 1. The Morgan fingerprint density at radius 1 is 1.12 bits per heavy atom. The van der Waals surface area contributed by atoms with Gasteiger partial charge < -0.3 is 0 Å². The molecule has 1 aromatic heterocycles. The summed E-state index contributed by atoms with van der Waals surface area (Å²) in [5.74, 6) is -2.96. The summed E-state index contributed by atoms with van der Waals surface area (Å²) in [5.41, 5.74) is 0. The van der Waals surface area contributed by atoms with E-state index in [1.54, 1.807) is 0 Å². The van der Waals surface area contributed by atoms with Crippen LogP contribution in [0.3, 0.4) is 0 Å². The van der Waals surface area contributed by atoms with Crippen LogP contribution in [0.5, 0.6) is 0 Å². The zero-order valence-corrected chi connectivity index (χ0v) is 14.9. The largest absolute Gasteiger partial charge is 0.455 e. The molecule has 1 aliphatic rings. The molecule has 0 aromatic carbocycles. The summed E-state index contributed by atoms with van der Waals surface area (Å²) in [4.78, 5) is 22.1. The number of hydrogen-bond acceptors (Lipinski definition) is 5. The van der Waals surface area contributed by atoms with Crippen molar-refractivity contribution in [3.63, 3.8) is 0 Å². The summed E-state index contributed by atoms with van der Waals surface area (Å²) in [5, 5.41) is 0. The Morgan fingerprint density at radius 2 is 1.72 bits per heavy atom. The van der Waals surface area contributed by atoms with E-state index in [0.29, 0.717) is 23.7 Å². The second kappa shape index (κ2) is 7.86. The fourth-order valence-electron chi connectivity index (χ4n) is 2.76. The van der Waals surface area contributed by atoms with E-state index in [1.165, 1.54) is 0 Å². The first-order chi connectivity index (χ1) is 11.6. The van der Waals surface area contributed by atoms with Crippen LogP contribution < -0.4 is 4.72 Å². The van der Waals surface area contributed by atoms with E-state index in [1.807, 2.05) is 4.72 Å². The van der Waals surface area contributed by atoms with E-state index in [9.17, 15) is 31.2 Å². The van der Waals surface area contributed by atoms with Crippen LogP contribution in [0.25, 0.3) is 0 Å². The number of sulfonamides is 1. The quantitative estimate of drug-likeness (QED) is 0.745. The van der Waals surface area contributed by atoms with Crippen molar-refractivity contribution in [3.05, 3.63) is 21.9 Å². The number of hydrogen-bond donors (Lipinski definition) is 1. The van der Waals surface area contributed by atoms with Gasteiger partial charge in [-0.1, -0.05) is 32.1 Å². The monoisotopic (exact) mass is 397 g/mol. The van der Waals surface area contributed by atoms with Gasteiger partial charge in [0.25, 0.3) is 11.7 Å². The third-order valence-corrected chi connectivity index (χ3v) is 6.43. The molecular formula is C15H18F3NO4S2. The van der Waals surface area contributed by atoms with Gasteiger partial charge in [0, 0.05) is 0 Å². The molecule has 1 aromatic rings. The molecule has 1 heterocycles. The standard InChI is InChI=1S/C15H18F3NO4S2/c16-15(17,18)13(20)11-6-7-12(24-11)14(21)19-25(22,23)9-8-10-4-2-1-3-5-10/h6-7,10H,1-5,8-9H2,(H,19,21). The molecule has 25 heavy (non-hydrogen) atoms. The molecule has 2 rings (SSSR count). The zero-order valence-electron chi connectivity index (χ0n) is 13.3. The topological polar surface area (TPSA) is 80.3 Å². The fraction of sp³-hybridized carbons (Fsp3) is 0.600. The zero-order chi connectivity index (χ0) is 18.7. The summed E-state index contributed by atoms with van der Waals surface area (Å²) in [6.07, 6.45) is 0.645. The van der Waals surface area contributed by atoms with E-state index < -0.39 is 32.8 Å². The van der Waals surface area contributed by atoms with Crippen LogP contribution in [0.4, 0.5) is 13.2 Å². The highest BCUT2D eigenvalue weighted by Gasteiger charge is 2.40. The van der Waals surface area contributed by atoms with Crippen LogP contribution >= 0.6 is 11.3 Å². The number of carbonyl (C=O) groups excluding carboxylic acids is 2. The molecule has 0 bridgehead atoms. The van der Waals surface area contributed by atoms with Crippen molar-refractivity contribution in [2.24, 2.45) is 5.92 Å². The van der Waals surface area contributed by atoms with Crippen molar-refractivity contribution in [2.75, 3.05) is 5.75 Å². The molecule has 1 fully saturated rings. The molecule has 140 valence electrons. The van der Waals surface area contributed by atoms with Crippen molar-refractivity contribution < 1.29 is 31.2 Å². The van der Waals surface area contributed by atoms with Gasteiger partial charge in [0.05, 0.1) is 15.5 Å². The van der Waals surface area contributed by atoms with Crippen molar-refractivity contribution >= 4 is 33.1 Å². The highest BCUT2D eigenvalue weighted by molar-refractivity contribution is 7.90. The third-order valence-electron chi connectivity index (χ3n) is 4.08. The SMILES string of the molecule is O=C(NS(=O)(=O)CCC1CCCCC1)c1ccc(C(=O)C(F)(F)F)s1. The number of amides is 1. The van der Waals surface area contributed by atoms with E-state index in [4.69, 9.17) is 0 Å². The third kappa shape index (κ3) is 5.81. The molecule has 1 aliphatic carbocycles. The molecule has 0 unspecified atom stereocenters. The van der Waals surface area contributed by atoms with Crippen LogP contribution in [-0.4, -0.2) is 32.0 Å². The van der Waals surface area contributed by atoms with Gasteiger partial charge in [0.2, 0.25) is 10.0 Å². The molecular weight excluding hydrogens is 379 g/mol. The van der Waals surface area contributed by atoms with Crippen molar-refractivity contribution in [1.82, 2.24) is 4.72 Å². The maximum Gasteiger partial charge on any atom is 0.455 e. The maximum atomic E-state index is 12.4. The van der Waals surface area contributed by atoms with Crippen LogP contribution in [0, 0.1) is 5.92 Å². The number of halogens is 3. The first-order valence-electron chi connectivity index (χ1n) is 7.85. The molecule has 0 atom stereocenters. The Kier molecular flexibility index (Phi) is 6.26. The lowest BCUT2D eigenvalue weighted by atomic mass is 9.88. The molecule has 1 N–H and O–H groups in total. The van der Waals surface area contributed by atoms with E-state index in [0.717, 1.165) is 44.2 Å². The van der Waals surface area contributed by atoms with Gasteiger partial charge in [-0.15, -0.1) is 11.3 Å². The Bertz CT molecular complexity index is 734. The normalized spacial score (nSPS) is 16.6. The predicted molar refractivity (Wildman–Crippen MR) is 87.1 cm³/mol. The van der Waals surface area contributed by atoms with Gasteiger partial charge in [-0.2, -0.15) is 13.2 Å². The van der Waals surface area contributed by atoms with Crippen molar-refractivity contribution in [3.8, 4) is 0 Å². The number of ketones is 1. The van der Waals surface area contributed by atoms with E-state index >= 15 is 0 Å². The van der Waals surface area contributed by atoms with Crippen molar-refractivity contribution in [2.45, 2.75) is 44.7 Å². The number of carbonyl (C=O) groups is 2. The average molecular weight is 397 g/mol. The van der Waals surface area contributed by atoms with Gasteiger partial charge in [0.15, 0.2) is 0 Å². The Balaban J connectivity index is 1.94. The minimum Gasteiger partial charge on any atom is -0.283 e. The number of nitrogens with one attached hydrogen (secondary N) is 1. The number of thiophene rings is 1. The van der Waals surface area contributed by atoms with Gasteiger partial charge >= 0.3 is 6.18 Å². The summed E-state index contributed by atoms with van der Waals surface area (Å²) in [6.45, 7) is 0. The Morgan fingerprint density at radius 3 is 2.32 bits per heavy atom. The Labute approximate surface area is 147 Å². The first kappa shape index (κ1) is 19.9. The Hall–Kier alpha value is -1.42. The average Bonchev–Trinajstić information content (AvgIpc) is 3.02. The first-order valence-corrected chi connectivity index (χ1v) is 10.3. The molecule has 0 spiro atoms. The van der Waals surface area contributed by atoms with Crippen LogP contribution in [-0.2, 0) is 10.0 Å². The molecule has 0 saturated heterocycles. The molecule has 5 nitrogen and oxygen atoms in total.